The van der Waals surface area contributed by atoms with Crippen molar-refractivity contribution in [1.29, 1.82) is 0 Å². The van der Waals surface area contributed by atoms with Crippen molar-refractivity contribution in [3.63, 3.8) is 0 Å². The van der Waals surface area contributed by atoms with Crippen molar-refractivity contribution in [3.8, 4) is 0 Å². The second-order valence-electron chi connectivity index (χ2n) is 6.37. The summed E-state index contributed by atoms with van der Waals surface area (Å²) in [5.74, 6) is -0.891. The predicted octanol–water partition coefficient (Wildman–Crippen LogP) is 5.21. The monoisotopic (exact) mass is 422 g/mol. The van der Waals surface area contributed by atoms with Gasteiger partial charge in [0.15, 0.2) is 0 Å². The second kappa shape index (κ2) is 9.09. The lowest BCUT2D eigenvalue weighted by molar-refractivity contribution is -0.138. The van der Waals surface area contributed by atoms with E-state index in [0.717, 1.165) is 35.1 Å². The van der Waals surface area contributed by atoms with Crippen LogP contribution in [0.5, 0.6) is 0 Å². The second-order valence-corrected chi connectivity index (χ2v) is 7.54. The summed E-state index contributed by atoms with van der Waals surface area (Å²) in [4.78, 5) is 13.8. The first kappa shape index (κ1) is 22.4. The van der Waals surface area contributed by atoms with E-state index < -0.39 is 23.2 Å². The topological polar surface area (TPSA) is 55.6 Å². The van der Waals surface area contributed by atoms with Crippen LogP contribution in [0.3, 0.4) is 0 Å². The molecule has 0 unspecified atom stereocenters. The molecule has 0 radical (unpaired) electrons. The minimum atomic E-state index is -4.70. The van der Waals surface area contributed by atoms with Crippen molar-refractivity contribution in [2.24, 2.45) is 5.73 Å². The van der Waals surface area contributed by atoms with Gasteiger partial charge < -0.3 is 15.4 Å². The Morgan fingerprint density at radius 1 is 1.17 bits per heavy atom. The van der Waals surface area contributed by atoms with Crippen LogP contribution in [-0.2, 0) is 17.5 Å². The molecule has 2 rings (SSSR count). The fourth-order valence-corrected chi connectivity index (χ4v) is 3.18. The highest BCUT2D eigenvalue weighted by Gasteiger charge is 2.35. The average Bonchev–Trinajstić information content (AvgIpc) is 2.65. The molecule has 0 aliphatic heterocycles. The fourth-order valence-electron chi connectivity index (χ4n) is 2.41. The van der Waals surface area contributed by atoms with Gasteiger partial charge in [-0.3, -0.25) is 4.79 Å². The zero-order valence-corrected chi connectivity index (χ0v) is 16.9. The first-order chi connectivity index (χ1) is 13.5. The van der Waals surface area contributed by atoms with E-state index in [9.17, 15) is 18.0 Å². The van der Waals surface area contributed by atoms with Gasteiger partial charge in [0.25, 0.3) is 0 Å². The predicted molar refractivity (Wildman–Crippen MR) is 110 cm³/mol. The Kier molecular flexibility index (Phi) is 7.02. The molecular formula is C21H21F3N2O2S. The van der Waals surface area contributed by atoms with Crippen LogP contribution in [-0.4, -0.2) is 20.0 Å². The molecule has 0 saturated heterocycles. The summed E-state index contributed by atoms with van der Waals surface area (Å²) >= 11 is 0.966. The maximum absolute atomic E-state index is 13.2. The zero-order chi connectivity index (χ0) is 21.8. The summed E-state index contributed by atoms with van der Waals surface area (Å²) in [5, 5.41) is 0. The van der Waals surface area contributed by atoms with Gasteiger partial charge in [-0.25, -0.2) is 0 Å². The molecule has 0 bridgehead atoms. The maximum Gasteiger partial charge on any atom is 0.417 e. The van der Waals surface area contributed by atoms with Crippen molar-refractivity contribution in [2.75, 3.05) is 19.0 Å². The van der Waals surface area contributed by atoms with Gasteiger partial charge in [0.2, 0.25) is 5.91 Å². The normalized spacial score (nSPS) is 11.1. The minimum Gasteiger partial charge on any atom is -0.488 e. The summed E-state index contributed by atoms with van der Waals surface area (Å²) in [6.45, 7) is 7.85. The van der Waals surface area contributed by atoms with Crippen LogP contribution in [0.25, 0.3) is 0 Å². The average molecular weight is 422 g/mol. The lowest BCUT2D eigenvalue weighted by atomic mass is 10.1. The van der Waals surface area contributed by atoms with Crippen LogP contribution >= 0.6 is 11.8 Å². The largest absolute Gasteiger partial charge is 0.488 e. The van der Waals surface area contributed by atoms with Crippen LogP contribution in [0, 0.1) is 0 Å². The first-order valence-electron chi connectivity index (χ1n) is 8.45. The molecule has 2 N–H and O–H groups in total. The zero-order valence-electron chi connectivity index (χ0n) is 16.0. The van der Waals surface area contributed by atoms with Gasteiger partial charge in [-0.15, -0.1) is 0 Å². The standard InChI is InChI=1S/C21H21F3N2O2S/c1-13(28-12-15-6-5-7-16(10-15)26(3)4)14(2)29-17-8-9-18(20(25)27)19(11-17)21(22,23)24/h5-11H,1-2,12H2,3-4H3,(H2,25,27). The van der Waals surface area contributed by atoms with E-state index in [4.69, 9.17) is 10.5 Å². The Morgan fingerprint density at radius 3 is 2.45 bits per heavy atom. The Labute approximate surface area is 171 Å². The number of alkyl halides is 3. The Bertz CT molecular complexity index is 940. The van der Waals surface area contributed by atoms with E-state index in [1.54, 1.807) is 0 Å². The first-order valence-corrected chi connectivity index (χ1v) is 9.27. The van der Waals surface area contributed by atoms with E-state index in [-0.39, 0.29) is 17.3 Å². The summed E-state index contributed by atoms with van der Waals surface area (Å²) in [6, 6.07) is 11.0. The highest BCUT2D eigenvalue weighted by molar-refractivity contribution is 8.03. The molecule has 8 heteroatoms. The minimum absolute atomic E-state index is 0.242. The summed E-state index contributed by atoms with van der Waals surface area (Å²) < 4.78 is 45.2. The van der Waals surface area contributed by atoms with Crippen molar-refractivity contribution in [2.45, 2.75) is 17.7 Å². The van der Waals surface area contributed by atoms with Crippen LogP contribution in [0.4, 0.5) is 18.9 Å². The molecule has 0 heterocycles. The molecule has 0 atom stereocenters. The van der Waals surface area contributed by atoms with Gasteiger partial charge in [-0.2, -0.15) is 13.2 Å². The SMILES string of the molecule is C=C(OCc1cccc(N(C)C)c1)C(=C)Sc1ccc(C(N)=O)c(C(F)(F)F)c1. The number of halogens is 3. The number of carbonyl (C=O) groups is 1. The smallest absolute Gasteiger partial charge is 0.417 e. The van der Waals surface area contributed by atoms with Gasteiger partial charge in [-0.1, -0.05) is 37.1 Å². The van der Waals surface area contributed by atoms with Gasteiger partial charge in [0, 0.05) is 29.6 Å². The van der Waals surface area contributed by atoms with Crippen molar-refractivity contribution in [1.82, 2.24) is 0 Å². The van der Waals surface area contributed by atoms with E-state index >= 15 is 0 Å². The van der Waals surface area contributed by atoms with Crippen LogP contribution < -0.4 is 10.6 Å². The third kappa shape index (κ3) is 6.05. The van der Waals surface area contributed by atoms with Crippen molar-refractivity contribution in [3.05, 3.63) is 83.0 Å². The molecule has 2 aromatic rings. The number of nitrogens with zero attached hydrogens (tertiary/aromatic N) is 1. The summed E-state index contributed by atoms with van der Waals surface area (Å²) in [7, 11) is 3.85. The fraction of sp³-hybridized carbons (Fsp3) is 0.190. The molecule has 0 aromatic heterocycles. The molecule has 154 valence electrons. The number of anilines is 1. The number of carbonyl (C=O) groups excluding carboxylic acids is 1. The van der Waals surface area contributed by atoms with E-state index in [1.807, 2.05) is 43.3 Å². The number of amides is 1. The molecule has 0 aliphatic rings. The van der Waals surface area contributed by atoms with Crippen molar-refractivity contribution >= 4 is 23.4 Å². The molecule has 4 nitrogen and oxygen atoms in total. The number of ether oxygens (including phenoxy) is 1. The van der Waals surface area contributed by atoms with Gasteiger partial charge >= 0.3 is 6.18 Å². The summed E-state index contributed by atoms with van der Waals surface area (Å²) in [5.41, 5.74) is 5.30. The highest BCUT2D eigenvalue weighted by atomic mass is 32.2. The molecular weight excluding hydrogens is 401 g/mol. The van der Waals surface area contributed by atoms with E-state index in [0.29, 0.717) is 4.91 Å². The van der Waals surface area contributed by atoms with Crippen LogP contribution in [0.2, 0.25) is 0 Å². The number of primary amides is 1. The maximum atomic E-state index is 13.2. The van der Waals surface area contributed by atoms with E-state index in [1.165, 1.54) is 6.07 Å². The number of hydrogen-bond donors (Lipinski definition) is 1. The number of thioether (sulfide) groups is 1. The number of hydrogen-bond acceptors (Lipinski definition) is 4. The molecule has 29 heavy (non-hydrogen) atoms. The molecule has 2 aromatic carbocycles. The number of rotatable bonds is 8. The van der Waals surface area contributed by atoms with Gasteiger partial charge in [0.1, 0.15) is 12.4 Å². The quantitative estimate of drug-likeness (QED) is 0.361. The van der Waals surface area contributed by atoms with Crippen LogP contribution in [0.15, 0.2) is 71.2 Å². The molecule has 0 saturated carbocycles. The van der Waals surface area contributed by atoms with Gasteiger partial charge in [-0.05, 0) is 35.9 Å². The molecule has 0 spiro atoms. The van der Waals surface area contributed by atoms with Crippen molar-refractivity contribution < 1.29 is 22.7 Å². The lowest BCUT2D eigenvalue weighted by Crippen LogP contribution is -2.18. The molecule has 0 aliphatic carbocycles. The Hall–Kier alpha value is -2.87. The van der Waals surface area contributed by atoms with Gasteiger partial charge in [0.05, 0.1) is 11.1 Å². The molecule has 0 fully saturated rings. The third-order valence-electron chi connectivity index (χ3n) is 3.95. The molecule has 1 amide bonds. The third-order valence-corrected chi connectivity index (χ3v) is 4.92. The lowest BCUT2D eigenvalue weighted by Gasteiger charge is -2.16. The van der Waals surface area contributed by atoms with Crippen LogP contribution in [0.1, 0.15) is 21.5 Å². The summed E-state index contributed by atoms with van der Waals surface area (Å²) in [6.07, 6.45) is -4.70. The Morgan fingerprint density at radius 2 is 1.86 bits per heavy atom. The van der Waals surface area contributed by atoms with E-state index in [2.05, 4.69) is 13.2 Å². The Balaban J connectivity index is 2.07. The number of benzene rings is 2. The number of nitrogens with two attached hydrogens (primary N) is 1. The highest BCUT2D eigenvalue weighted by Crippen LogP contribution is 2.37.